The molecular weight excluding hydrogens is 322 g/mol. The Morgan fingerprint density at radius 3 is 2.23 bits per heavy atom. The Hall–Kier alpha value is -2.52. The maximum Gasteiger partial charge on any atom is 0.269 e. The number of nitrogens with zero attached hydrogens (tertiary/aromatic N) is 3. The highest BCUT2D eigenvalue weighted by Gasteiger charge is 2.16. The minimum absolute atomic E-state index is 0.0457. The van der Waals surface area contributed by atoms with Gasteiger partial charge >= 0.3 is 0 Å². The molecular formula is C13H11N5O2S2. The van der Waals surface area contributed by atoms with Crippen LogP contribution in [0.2, 0.25) is 0 Å². The summed E-state index contributed by atoms with van der Waals surface area (Å²) in [7, 11) is 0. The highest BCUT2D eigenvalue weighted by Crippen LogP contribution is 2.26. The molecule has 2 aromatic heterocycles. The monoisotopic (exact) mass is 333 g/mol. The molecule has 0 aliphatic carbocycles. The molecule has 0 spiro atoms. The minimum atomic E-state index is -0.409. The van der Waals surface area contributed by atoms with Gasteiger partial charge in [0.2, 0.25) is 0 Å². The van der Waals surface area contributed by atoms with E-state index in [0.717, 1.165) is 15.8 Å². The van der Waals surface area contributed by atoms with E-state index in [1.165, 1.54) is 34.8 Å². The third-order valence-corrected chi connectivity index (χ3v) is 4.22. The van der Waals surface area contributed by atoms with E-state index in [-0.39, 0.29) is 11.9 Å². The maximum absolute atomic E-state index is 11.0. The molecule has 112 valence electrons. The summed E-state index contributed by atoms with van der Waals surface area (Å²) in [4.78, 5) is 18.9. The van der Waals surface area contributed by atoms with Crippen LogP contribution < -0.4 is 10.6 Å². The molecule has 0 amide bonds. The zero-order valence-electron chi connectivity index (χ0n) is 11.2. The second-order valence-corrected chi connectivity index (χ2v) is 6.04. The molecule has 7 nitrogen and oxygen atoms in total. The van der Waals surface area contributed by atoms with Crippen LogP contribution in [0.1, 0.15) is 11.7 Å². The molecule has 0 aliphatic heterocycles. The molecule has 22 heavy (non-hydrogen) atoms. The lowest BCUT2D eigenvalue weighted by molar-refractivity contribution is -0.384. The van der Waals surface area contributed by atoms with Gasteiger partial charge in [0.25, 0.3) is 5.69 Å². The van der Waals surface area contributed by atoms with Crippen molar-refractivity contribution in [1.82, 2.24) is 9.97 Å². The number of aromatic nitrogens is 2. The SMILES string of the molecule is O=[N+]([O-])c1cccc(C(Nc2nccs2)Nc2nccs2)c1. The van der Waals surface area contributed by atoms with Crippen molar-refractivity contribution < 1.29 is 4.92 Å². The number of nitrogens with one attached hydrogen (secondary N) is 2. The smallest absolute Gasteiger partial charge is 0.269 e. The first-order chi connectivity index (χ1) is 10.7. The summed E-state index contributed by atoms with van der Waals surface area (Å²) < 4.78 is 0. The van der Waals surface area contributed by atoms with E-state index in [2.05, 4.69) is 20.6 Å². The van der Waals surface area contributed by atoms with Crippen molar-refractivity contribution in [2.45, 2.75) is 6.17 Å². The van der Waals surface area contributed by atoms with Gasteiger partial charge in [0.05, 0.1) is 4.92 Å². The number of benzene rings is 1. The first kappa shape index (κ1) is 14.4. The topological polar surface area (TPSA) is 93.0 Å². The molecule has 9 heteroatoms. The summed E-state index contributed by atoms with van der Waals surface area (Å²) in [6.45, 7) is 0. The lowest BCUT2D eigenvalue weighted by Crippen LogP contribution is -2.19. The van der Waals surface area contributed by atoms with Gasteiger partial charge in [0.15, 0.2) is 10.3 Å². The molecule has 1 aromatic carbocycles. The Balaban J connectivity index is 1.89. The van der Waals surface area contributed by atoms with Crippen LogP contribution in [0.25, 0.3) is 0 Å². The Morgan fingerprint density at radius 1 is 1.09 bits per heavy atom. The van der Waals surface area contributed by atoms with Gasteiger partial charge in [0, 0.05) is 40.8 Å². The van der Waals surface area contributed by atoms with Crippen LogP contribution in [-0.2, 0) is 0 Å². The van der Waals surface area contributed by atoms with E-state index in [0.29, 0.717) is 0 Å². The zero-order valence-corrected chi connectivity index (χ0v) is 12.8. The number of hydrogen-bond acceptors (Lipinski definition) is 8. The third-order valence-electron chi connectivity index (χ3n) is 2.81. The van der Waals surface area contributed by atoms with Crippen LogP contribution in [0.3, 0.4) is 0 Å². The van der Waals surface area contributed by atoms with Gasteiger partial charge in [-0.25, -0.2) is 9.97 Å². The van der Waals surface area contributed by atoms with Crippen LogP contribution in [0.5, 0.6) is 0 Å². The molecule has 2 heterocycles. The second kappa shape index (κ2) is 6.50. The number of non-ortho nitro benzene ring substituents is 1. The van der Waals surface area contributed by atoms with Crippen LogP contribution >= 0.6 is 22.7 Å². The molecule has 0 unspecified atom stereocenters. The third kappa shape index (κ3) is 3.38. The predicted molar refractivity (Wildman–Crippen MR) is 87.3 cm³/mol. The van der Waals surface area contributed by atoms with E-state index >= 15 is 0 Å². The highest BCUT2D eigenvalue weighted by molar-refractivity contribution is 7.14. The zero-order chi connectivity index (χ0) is 15.4. The Labute approximate surface area is 133 Å². The van der Waals surface area contributed by atoms with Crippen LogP contribution in [0.4, 0.5) is 16.0 Å². The minimum Gasteiger partial charge on any atom is -0.338 e. The van der Waals surface area contributed by atoms with Crippen LogP contribution in [0.15, 0.2) is 47.4 Å². The molecule has 0 fully saturated rings. The summed E-state index contributed by atoms with van der Waals surface area (Å²) in [5.74, 6) is 0. The van der Waals surface area contributed by atoms with Crippen molar-refractivity contribution in [2.24, 2.45) is 0 Å². The number of anilines is 2. The first-order valence-corrected chi connectivity index (χ1v) is 8.05. The number of nitro benzene ring substituents is 1. The number of hydrogen-bond donors (Lipinski definition) is 2. The van der Waals surface area contributed by atoms with Crippen molar-refractivity contribution >= 4 is 38.6 Å². The predicted octanol–water partition coefficient (Wildman–Crippen LogP) is 3.73. The summed E-state index contributed by atoms with van der Waals surface area (Å²) in [6.07, 6.45) is 3.03. The molecule has 3 aromatic rings. The summed E-state index contributed by atoms with van der Waals surface area (Å²) in [5.41, 5.74) is 0.781. The molecule has 2 N–H and O–H groups in total. The Kier molecular flexibility index (Phi) is 4.26. The van der Waals surface area contributed by atoms with Crippen molar-refractivity contribution in [1.29, 1.82) is 0 Å². The van der Waals surface area contributed by atoms with Gasteiger partial charge in [0.1, 0.15) is 6.17 Å². The molecule has 3 rings (SSSR count). The van der Waals surface area contributed by atoms with Gasteiger partial charge in [-0.1, -0.05) is 12.1 Å². The van der Waals surface area contributed by atoms with Gasteiger partial charge in [-0.3, -0.25) is 10.1 Å². The lowest BCUT2D eigenvalue weighted by Gasteiger charge is -2.19. The molecule has 0 aliphatic rings. The molecule has 0 radical (unpaired) electrons. The Bertz CT molecular complexity index is 709. The van der Waals surface area contributed by atoms with Crippen molar-refractivity contribution in [3.8, 4) is 0 Å². The van der Waals surface area contributed by atoms with Crippen molar-refractivity contribution in [3.05, 3.63) is 63.1 Å². The fraction of sp³-hybridized carbons (Fsp3) is 0.0769. The summed E-state index contributed by atoms with van der Waals surface area (Å²) in [5, 5.41) is 22.6. The molecule has 0 saturated carbocycles. The van der Waals surface area contributed by atoms with E-state index < -0.39 is 4.92 Å². The molecule has 0 saturated heterocycles. The van der Waals surface area contributed by atoms with Crippen molar-refractivity contribution in [2.75, 3.05) is 10.6 Å². The standard InChI is InChI=1S/C13H11N5O2S2/c19-18(20)10-3-1-2-9(8-10)11(16-12-14-4-6-21-12)17-13-15-5-7-22-13/h1-8,11H,(H,14,16)(H,15,17). The molecule has 0 atom stereocenters. The summed E-state index contributed by atoms with van der Waals surface area (Å²) >= 11 is 2.91. The van der Waals surface area contributed by atoms with Gasteiger partial charge in [-0.2, -0.15) is 0 Å². The quantitative estimate of drug-likeness (QED) is 0.405. The van der Waals surface area contributed by atoms with Crippen LogP contribution in [-0.4, -0.2) is 14.9 Å². The first-order valence-electron chi connectivity index (χ1n) is 6.29. The van der Waals surface area contributed by atoms with Gasteiger partial charge < -0.3 is 10.6 Å². The normalized spacial score (nSPS) is 10.6. The summed E-state index contributed by atoms with van der Waals surface area (Å²) in [6, 6.07) is 6.48. The van der Waals surface area contributed by atoms with E-state index in [1.807, 2.05) is 16.8 Å². The van der Waals surface area contributed by atoms with Crippen LogP contribution in [0, 0.1) is 10.1 Å². The van der Waals surface area contributed by atoms with E-state index in [9.17, 15) is 10.1 Å². The van der Waals surface area contributed by atoms with Gasteiger partial charge in [-0.15, -0.1) is 22.7 Å². The number of thiazole rings is 2. The number of rotatable bonds is 6. The van der Waals surface area contributed by atoms with Crippen molar-refractivity contribution in [3.63, 3.8) is 0 Å². The maximum atomic E-state index is 11.0. The fourth-order valence-electron chi connectivity index (χ4n) is 1.86. The second-order valence-electron chi connectivity index (χ2n) is 4.25. The fourth-order valence-corrected chi connectivity index (χ4v) is 2.97. The lowest BCUT2D eigenvalue weighted by atomic mass is 10.1. The molecule has 0 bridgehead atoms. The largest absolute Gasteiger partial charge is 0.338 e. The Morgan fingerprint density at radius 2 is 1.73 bits per heavy atom. The highest BCUT2D eigenvalue weighted by atomic mass is 32.1. The average molecular weight is 333 g/mol. The van der Waals surface area contributed by atoms with E-state index in [4.69, 9.17) is 0 Å². The average Bonchev–Trinajstić information content (AvgIpc) is 3.20. The van der Waals surface area contributed by atoms with Gasteiger partial charge in [-0.05, 0) is 0 Å². The van der Waals surface area contributed by atoms with E-state index in [1.54, 1.807) is 18.5 Å². The number of nitro groups is 1.